The molecule has 7 heteroatoms. The molecular formula is C9H5F3INO2. The van der Waals surface area contributed by atoms with E-state index in [-0.39, 0.29) is 9.26 Å². The fourth-order valence-electron chi connectivity index (χ4n) is 0.980. The van der Waals surface area contributed by atoms with Crippen molar-refractivity contribution >= 4 is 34.6 Å². The number of pyridine rings is 1. The van der Waals surface area contributed by atoms with E-state index in [9.17, 15) is 18.0 Å². The number of carboxylic acids is 1. The highest BCUT2D eigenvalue weighted by Gasteiger charge is 2.33. The van der Waals surface area contributed by atoms with Gasteiger partial charge in [-0.25, -0.2) is 9.78 Å². The molecular weight excluding hydrogens is 338 g/mol. The molecule has 0 fully saturated rings. The van der Waals surface area contributed by atoms with E-state index in [4.69, 9.17) is 5.11 Å². The zero-order valence-corrected chi connectivity index (χ0v) is 9.78. The number of halogens is 4. The quantitative estimate of drug-likeness (QED) is 0.510. The number of alkyl halides is 3. The molecule has 1 aromatic rings. The van der Waals surface area contributed by atoms with Crippen LogP contribution in [-0.4, -0.2) is 16.1 Å². The second-order valence-corrected chi connectivity index (χ2v) is 3.87. The molecule has 3 nitrogen and oxygen atoms in total. The van der Waals surface area contributed by atoms with Crippen molar-refractivity contribution in [1.29, 1.82) is 0 Å². The van der Waals surface area contributed by atoms with E-state index in [1.165, 1.54) is 0 Å². The topological polar surface area (TPSA) is 50.2 Å². The number of carbonyl (C=O) groups is 1. The standard InChI is InChI=1S/C9H5F3INO2/c10-9(11,12)6-3-7(13)14-4-5(6)1-2-8(15)16/h1-4H,(H,15,16)/b2-1+. The highest BCUT2D eigenvalue weighted by Crippen LogP contribution is 2.32. The number of aromatic nitrogens is 1. The molecule has 1 N–H and O–H groups in total. The average molecular weight is 343 g/mol. The minimum absolute atomic E-state index is 0.192. The van der Waals surface area contributed by atoms with E-state index < -0.39 is 17.7 Å². The Kier molecular flexibility index (Phi) is 3.89. The van der Waals surface area contributed by atoms with Crippen LogP contribution in [0, 0.1) is 3.70 Å². The second kappa shape index (κ2) is 4.81. The Balaban J connectivity index is 3.23. The lowest BCUT2D eigenvalue weighted by atomic mass is 10.1. The normalized spacial score (nSPS) is 12.0. The Hall–Kier alpha value is -1.12. The highest BCUT2D eigenvalue weighted by atomic mass is 127. The molecule has 16 heavy (non-hydrogen) atoms. The summed E-state index contributed by atoms with van der Waals surface area (Å²) in [6, 6.07) is 0.863. The molecule has 0 unspecified atom stereocenters. The first-order valence-electron chi connectivity index (χ1n) is 3.94. The number of nitrogens with zero attached hydrogens (tertiary/aromatic N) is 1. The summed E-state index contributed by atoms with van der Waals surface area (Å²) in [7, 11) is 0. The van der Waals surface area contributed by atoms with Crippen LogP contribution in [0.1, 0.15) is 11.1 Å². The summed E-state index contributed by atoms with van der Waals surface area (Å²) < 4.78 is 37.8. The van der Waals surface area contributed by atoms with E-state index in [0.717, 1.165) is 18.3 Å². The first kappa shape index (κ1) is 12.9. The summed E-state index contributed by atoms with van der Waals surface area (Å²) in [4.78, 5) is 13.9. The number of hydrogen-bond donors (Lipinski definition) is 1. The van der Waals surface area contributed by atoms with E-state index in [1.807, 2.05) is 0 Å². The molecule has 0 aliphatic rings. The lowest BCUT2D eigenvalue weighted by Crippen LogP contribution is -2.08. The fourth-order valence-corrected chi connectivity index (χ4v) is 1.43. The first-order chi connectivity index (χ1) is 7.30. The van der Waals surface area contributed by atoms with Gasteiger partial charge in [0.15, 0.2) is 0 Å². The van der Waals surface area contributed by atoms with E-state index in [2.05, 4.69) is 4.98 Å². The van der Waals surface area contributed by atoms with Gasteiger partial charge in [0, 0.05) is 17.8 Å². The lowest BCUT2D eigenvalue weighted by Gasteiger charge is -2.09. The summed E-state index contributed by atoms with van der Waals surface area (Å²) in [6.45, 7) is 0. The summed E-state index contributed by atoms with van der Waals surface area (Å²) in [5, 5.41) is 8.33. The van der Waals surface area contributed by atoms with E-state index >= 15 is 0 Å². The van der Waals surface area contributed by atoms with Gasteiger partial charge in [-0.15, -0.1) is 0 Å². The number of hydrogen-bond acceptors (Lipinski definition) is 2. The third-order valence-corrected chi connectivity index (χ3v) is 2.20. The van der Waals surface area contributed by atoms with Crippen LogP contribution in [0.2, 0.25) is 0 Å². The van der Waals surface area contributed by atoms with Crippen LogP contribution in [-0.2, 0) is 11.0 Å². The molecule has 0 bridgehead atoms. The van der Waals surface area contributed by atoms with Crippen molar-refractivity contribution in [2.24, 2.45) is 0 Å². The van der Waals surface area contributed by atoms with Gasteiger partial charge in [-0.2, -0.15) is 13.2 Å². The lowest BCUT2D eigenvalue weighted by molar-refractivity contribution is -0.138. The minimum Gasteiger partial charge on any atom is -0.478 e. The molecule has 0 radical (unpaired) electrons. The Morgan fingerprint density at radius 3 is 2.62 bits per heavy atom. The molecule has 1 rings (SSSR count). The zero-order valence-electron chi connectivity index (χ0n) is 7.62. The van der Waals surface area contributed by atoms with Gasteiger partial charge in [-0.3, -0.25) is 0 Å². The third-order valence-electron chi connectivity index (χ3n) is 1.61. The largest absolute Gasteiger partial charge is 0.478 e. The van der Waals surface area contributed by atoms with Gasteiger partial charge in [-0.1, -0.05) is 0 Å². The maximum atomic E-state index is 12.5. The predicted octanol–water partition coefficient (Wildman–Crippen LogP) is 2.80. The van der Waals surface area contributed by atoms with Crippen LogP contribution in [0.25, 0.3) is 6.08 Å². The number of rotatable bonds is 2. The van der Waals surface area contributed by atoms with Crippen molar-refractivity contribution in [3.05, 3.63) is 33.2 Å². The molecule has 1 aromatic heterocycles. The molecule has 0 aromatic carbocycles. The van der Waals surface area contributed by atoms with Gasteiger partial charge in [0.25, 0.3) is 0 Å². The van der Waals surface area contributed by atoms with Gasteiger partial charge in [0.2, 0.25) is 0 Å². The zero-order chi connectivity index (χ0) is 12.3. The molecule has 0 aliphatic heterocycles. The van der Waals surface area contributed by atoms with Crippen LogP contribution in [0.5, 0.6) is 0 Å². The fraction of sp³-hybridized carbons (Fsp3) is 0.111. The highest BCUT2D eigenvalue weighted by molar-refractivity contribution is 14.1. The van der Waals surface area contributed by atoms with Crippen LogP contribution in [0.15, 0.2) is 18.3 Å². The Bertz CT molecular complexity index is 443. The molecule has 0 aliphatic carbocycles. The number of aliphatic carboxylic acids is 1. The van der Waals surface area contributed by atoms with Crippen molar-refractivity contribution in [2.75, 3.05) is 0 Å². The summed E-state index contributed by atoms with van der Waals surface area (Å²) in [5.41, 5.74) is -1.17. The van der Waals surface area contributed by atoms with Crippen molar-refractivity contribution in [2.45, 2.75) is 6.18 Å². The first-order valence-corrected chi connectivity index (χ1v) is 5.02. The summed E-state index contributed by atoms with van der Waals surface area (Å²) in [5.74, 6) is -1.31. The molecule has 86 valence electrons. The smallest absolute Gasteiger partial charge is 0.417 e. The van der Waals surface area contributed by atoms with Gasteiger partial charge < -0.3 is 5.11 Å². The van der Waals surface area contributed by atoms with Crippen molar-refractivity contribution in [3.63, 3.8) is 0 Å². The maximum Gasteiger partial charge on any atom is 0.417 e. The summed E-state index contributed by atoms with van der Waals surface area (Å²) in [6.07, 6.45) is -2.03. The van der Waals surface area contributed by atoms with Crippen LogP contribution in [0.3, 0.4) is 0 Å². The van der Waals surface area contributed by atoms with Gasteiger partial charge in [0.1, 0.15) is 3.70 Å². The third kappa shape index (κ3) is 3.47. The van der Waals surface area contributed by atoms with E-state index in [1.54, 1.807) is 22.6 Å². The van der Waals surface area contributed by atoms with E-state index in [0.29, 0.717) is 6.08 Å². The Morgan fingerprint density at radius 1 is 1.50 bits per heavy atom. The molecule has 1 heterocycles. The second-order valence-electron chi connectivity index (χ2n) is 2.76. The van der Waals surface area contributed by atoms with Gasteiger partial charge in [-0.05, 0) is 34.7 Å². The van der Waals surface area contributed by atoms with Crippen LogP contribution >= 0.6 is 22.6 Å². The van der Waals surface area contributed by atoms with Gasteiger partial charge in [0.05, 0.1) is 5.56 Å². The van der Waals surface area contributed by atoms with Crippen molar-refractivity contribution in [1.82, 2.24) is 4.98 Å². The van der Waals surface area contributed by atoms with Gasteiger partial charge >= 0.3 is 12.1 Å². The Labute approximate surface area is 102 Å². The minimum atomic E-state index is -4.53. The monoisotopic (exact) mass is 343 g/mol. The van der Waals surface area contributed by atoms with Crippen molar-refractivity contribution in [3.8, 4) is 0 Å². The van der Waals surface area contributed by atoms with Crippen LogP contribution < -0.4 is 0 Å². The molecule has 0 atom stereocenters. The number of carboxylic acid groups (broad SMARTS) is 1. The maximum absolute atomic E-state index is 12.5. The predicted molar refractivity (Wildman–Crippen MR) is 58.6 cm³/mol. The molecule has 0 saturated heterocycles. The Morgan fingerprint density at radius 2 is 2.12 bits per heavy atom. The molecule has 0 saturated carbocycles. The molecule has 0 spiro atoms. The van der Waals surface area contributed by atoms with Crippen molar-refractivity contribution < 1.29 is 23.1 Å². The van der Waals surface area contributed by atoms with Crippen LogP contribution in [0.4, 0.5) is 13.2 Å². The average Bonchev–Trinajstić information content (AvgIpc) is 2.14. The SMILES string of the molecule is O=C(O)/C=C/c1cnc(I)cc1C(F)(F)F. The molecule has 0 amide bonds. The summed E-state index contributed by atoms with van der Waals surface area (Å²) >= 11 is 1.65.